The summed E-state index contributed by atoms with van der Waals surface area (Å²) in [6, 6.07) is 0. The number of carbonyl (C=O) groups is 2. The monoisotopic (exact) mass is 783 g/mol. The quantitative estimate of drug-likeness (QED) is 0.0217. The van der Waals surface area contributed by atoms with Crippen LogP contribution in [0.1, 0.15) is 168 Å². The zero-order chi connectivity index (χ0) is 40.0. The number of unbranched alkanes of at least 4 members (excludes halogenated alkanes) is 16. The molecule has 10 heteroatoms. The highest BCUT2D eigenvalue weighted by atomic mass is 31.2. The second kappa shape index (κ2) is 36.6. The van der Waals surface area contributed by atoms with E-state index in [0.29, 0.717) is 17.4 Å². The maximum absolute atomic E-state index is 12.6. The standard InChI is InChI=1S/C44H80NO8P/c1-6-8-10-12-14-16-18-20-22-24-26-28-30-32-34-36-43(46)50-40-42(41-52-54(48,49)51-39-38-45(3,4)5)53-44(47)37-35-33-31-29-27-25-23-21-19-17-15-13-11-9-7-2/h9,11,15,17,21,23,27,29,42H,6-8,10,12-14,16,18-20,22,24-26,28,30-41H2,1-5H3/p+1/b11-9+,17-15+,23-21+,29-27+/t42-/m1/s1. The van der Waals surface area contributed by atoms with Gasteiger partial charge in [-0.1, -0.05) is 152 Å². The number of nitrogens with zero attached hydrogens (tertiary/aromatic N) is 1. The molecule has 0 radical (unpaired) electrons. The fraction of sp³-hybridized carbons (Fsp3) is 0.773. The van der Waals surface area contributed by atoms with E-state index in [1.807, 2.05) is 21.1 Å². The molecule has 0 amide bonds. The van der Waals surface area contributed by atoms with Crippen molar-refractivity contribution < 1.29 is 42.1 Å². The summed E-state index contributed by atoms with van der Waals surface area (Å²) in [6.45, 7) is 4.25. The number of phosphoric ester groups is 1. The number of likely N-dealkylation sites (N-methyl/N-ethyl adjacent to an activating group) is 1. The van der Waals surface area contributed by atoms with Gasteiger partial charge in [0.1, 0.15) is 19.8 Å². The van der Waals surface area contributed by atoms with Gasteiger partial charge in [-0.05, 0) is 51.4 Å². The van der Waals surface area contributed by atoms with Gasteiger partial charge >= 0.3 is 19.8 Å². The van der Waals surface area contributed by atoms with Crippen LogP contribution in [0.2, 0.25) is 0 Å². The van der Waals surface area contributed by atoms with Crippen molar-refractivity contribution in [3.63, 3.8) is 0 Å². The number of rotatable bonds is 38. The van der Waals surface area contributed by atoms with Crippen molar-refractivity contribution in [3.05, 3.63) is 48.6 Å². The molecule has 0 saturated carbocycles. The van der Waals surface area contributed by atoms with E-state index in [2.05, 4.69) is 62.5 Å². The van der Waals surface area contributed by atoms with Crippen LogP contribution in [0.25, 0.3) is 0 Å². The Morgan fingerprint density at radius 1 is 0.593 bits per heavy atom. The molecule has 0 rings (SSSR count). The molecule has 9 nitrogen and oxygen atoms in total. The summed E-state index contributed by atoms with van der Waals surface area (Å²) < 4.78 is 34.2. The molecule has 0 aromatic rings. The van der Waals surface area contributed by atoms with E-state index in [9.17, 15) is 19.0 Å². The molecule has 0 bridgehead atoms. The van der Waals surface area contributed by atoms with Gasteiger partial charge in [-0.15, -0.1) is 0 Å². The molecule has 0 aromatic heterocycles. The molecule has 1 N–H and O–H groups in total. The number of carbonyl (C=O) groups excluding carboxylic acids is 2. The lowest BCUT2D eigenvalue weighted by Crippen LogP contribution is -2.37. The van der Waals surface area contributed by atoms with Crippen LogP contribution in [-0.4, -0.2) is 74.9 Å². The number of allylic oxidation sites excluding steroid dienone is 8. The minimum Gasteiger partial charge on any atom is -0.462 e. The van der Waals surface area contributed by atoms with Crippen LogP contribution in [0.5, 0.6) is 0 Å². The maximum atomic E-state index is 12.6. The number of esters is 2. The Bertz CT molecular complexity index is 1070. The normalized spacial score (nSPS) is 14.1. The molecule has 0 spiro atoms. The average molecular weight is 783 g/mol. The zero-order valence-corrected chi connectivity index (χ0v) is 36.1. The topological polar surface area (TPSA) is 108 Å². The SMILES string of the molecule is CC/C=C/C/C=C/C/C=C/C/C=C/CCCCC(=O)O[C@H](COC(=O)CCCCCCCCCCCCCCCCC)COP(=O)(O)OCC[N+](C)(C)C. The molecule has 0 aromatic carbocycles. The Morgan fingerprint density at radius 3 is 1.57 bits per heavy atom. The van der Waals surface area contributed by atoms with E-state index in [4.69, 9.17) is 18.5 Å². The van der Waals surface area contributed by atoms with Crippen LogP contribution in [-0.2, 0) is 32.7 Å². The summed E-state index contributed by atoms with van der Waals surface area (Å²) in [7, 11) is 1.45. The van der Waals surface area contributed by atoms with Gasteiger partial charge in [-0.2, -0.15) is 0 Å². The Balaban J connectivity index is 4.44. The predicted octanol–water partition coefficient (Wildman–Crippen LogP) is 11.9. The van der Waals surface area contributed by atoms with Gasteiger partial charge < -0.3 is 18.9 Å². The molecule has 2 atom stereocenters. The highest BCUT2D eigenvalue weighted by Gasteiger charge is 2.27. The van der Waals surface area contributed by atoms with Gasteiger partial charge in [-0.3, -0.25) is 18.6 Å². The highest BCUT2D eigenvalue weighted by Crippen LogP contribution is 2.43. The number of hydrogen-bond donors (Lipinski definition) is 1. The summed E-state index contributed by atoms with van der Waals surface area (Å²) in [5.74, 6) is -0.846. The summed E-state index contributed by atoms with van der Waals surface area (Å²) in [4.78, 5) is 35.3. The van der Waals surface area contributed by atoms with Crippen LogP contribution in [0.15, 0.2) is 48.6 Å². The smallest absolute Gasteiger partial charge is 0.462 e. The van der Waals surface area contributed by atoms with Crippen LogP contribution < -0.4 is 0 Å². The Hall–Kier alpha value is -2.03. The van der Waals surface area contributed by atoms with Gasteiger partial charge in [-0.25, -0.2) is 4.57 Å². The van der Waals surface area contributed by atoms with E-state index >= 15 is 0 Å². The van der Waals surface area contributed by atoms with E-state index in [-0.39, 0.29) is 32.0 Å². The second-order valence-corrected chi connectivity index (χ2v) is 16.8. The Morgan fingerprint density at radius 2 is 1.06 bits per heavy atom. The first-order chi connectivity index (χ1) is 26.0. The lowest BCUT2D eigenvalue weighted by Gasteiger charge is -2.24. The van der Waals surface area contributed by atoms with Crippen molar-refractivity contribution in [1.82, 2.24) is 0 Å². The first-order valence-electron chi connectivity index (χ1n) is 21.4. The van der Waals surface area contributed by atoms with Gasteiger partial charge in [0.15, 0.2) is 6.10 Å². The van der Waals surface area contributed by atoms with E-state index in [1.54, 1.807) is 0 Å². The summed E-state index contributed by atoms with van der Waals surface area (Å²) >= 11 is 0. The van der Waals surface area contributed by atoms with Gasteiger partial charge in [0.25, 0.3) is 0 Å². The second-order valence-electron chi connectivity index (χ2n) is 15.4. The largest absolute Gasteiger partial charge is 0.472 e. The van der Waals surface area contributed by atoms with Gasteiger partial charge in [0, 0.05) is 12.8 Å². The molecular weight excluding hydrogens is 701 g/mol. The minimum atomic E-state index is -4.38. The van der Waals surface area contributed by atoms with Crippen molar-refractivity contribution in [3.8, 4) is 0 Å². The first-order valence-corrected chi connectivity index (χ1v) is 22.9. The number of hydrogen-bond acceptors (Lipinski definition) is 7. The number of quaternary nitrogens is 1. The van der Waals surface area contributed by atoms with Gasteiger partial charge in [0.05, 0.1) is 27.7 Å². The van der Waals surface area contributed by atoms with Crippen molar-refractivity contribution in [2.75, 3.05) is 47.5 Å². The molecule has 0 fully saturated rings. The van der Waals surface area contributed by atoms with Crippen LogP contribution in [0.3, 0.4) is 0 Å². The molecule has 0 aliphatic carbocycles. The molecule has 54 heavy (non-hydrogen) atoms. The third kappa shape index (κ3) is 39.7. The van der Waals surface area contributed by atoms with Crippen molar-refractivity contribution in [2.24, 2.45) is 0 Å². The zero-order valence-electron chi connectivity index (χ0n) is 35.2. The van der Waals surface area contributed by atoms with Crippen molar-refractivity contribution in [1.29, 1.82) is 0 Å². The average Bonchev–Trinajstić information content (AvgIpc) is 3.12. The summed E-state index contributed by atoms with van der Waals surface area (Å²) in [5.41, 5.74) is 0. The Labute approximate surface area is 331 Å². The van der Waals surface area contributed by atoms with Crippen molar-refractivity contribution >= 4 is 19.8 Å². The maximum Gasteiger partial charge on any atom is 0.472 e. The van der Waals surface area contributed by atoms with Crippen LogP contribution in [0.4, 0.5) is 0 Å². The molecule has 1 unspecified atom stereocenters. The lowest BCUT2D eigenvalue weighted by atomic mass is 10.0. The highest BCUT2D eigenvalue weighted by molar-refractivity contribution is 7.47. The van der Waals surface area contributed by atoms with E-state index in [0.717, 1.165) is 57.8 Å². The third-order valence-electron chi connectivity index (χ3n) is 8.87. The fourth-order valence-corrected chi connectivity index (χ4v) is 6.27. The van der Waals surface area contributed by atoms with Crippen LogP contribution in [0, 0.1) is 0 Å². The van der Waals surface area contributed by atoms with E-state index in [1.165, 1.54) is 77.0 Å². The molecular formula is C44H81NO8P+. The van der Waals surface area contributed by atoms with Crippen molar-refractivity contribution in [2.45, 2.75) is 174 Å². The molecule has 0 saturated heterocycles. The number of ether oxygens (including phenoxy) is 2. The third-order valence-corrected chi connectivity index (χ3v) is 9.86. The van der Waals surface area contributed by atoms with Crippen LogP contribution >= 0.6 is 7.82 Å². The minimum absolute atomic E-state index is 0.0231. The molecule has 314 valence electrons. The molecule has 0 aliphatic rings. The summed E-state index contributed by atoms with van der Waals surface area (Å²) in [6.07, 6.45) is 41.6. The predicted molar refractivity (Wildman–Crippen MR) is 224 cm³/mol. The number of phosphoric acid groups is 1. The van der Waals surface area contributed by atoms with E-state index < -0.39 is 26.5 Å². The first kappa shape index (κ1) is 52.0. The van der Waals surface area contributed by atoms with Gasteiger partial charge in [0.2, 0.25) is 0 Å². The molecule has 0 aliphatic heterocycles. The Kier molecular flexibility index (Phi) is 35.2. The fourth-order valence-electron chi connectivity index (χ4n) is 5.53. The molecule has 0 heterocycles. The lowest BCUT2D eigenvalue weighted by molar-refractivity contribution is -0.870. The summed E-state index contributed by atoms with van der Waals surface area (Å²) in [5, 5.41) is 0.